The van der Waals surface area contributed by atoms with Gasteiger partial charge in [0, 0.05) is 13.0 Å². The molecule has 0 aliphatic heterocycles. The number of ketones is 1. The summed E-state index contributed by atoms with van der Waals surface area (Å²) in [7, 11) is -1.92. The van der Waals surface area contributed by atoms with Gasteiger partial charge in [-0.25, -0.2) is 0 Å². The molecule has 0 aromatic rings. The Morgan fingerprint density at radius 3 is 1.47 bits per heavy atom. The molecule has 60 heavy (non-hydrogen) atoms. The van der Waals surface area contributed by atoms with Gasteiger partial charge in [0.1, 0.15) is 12.4 Å². The molecule has 0 fully saturated rings. The smallest absolute Gasteiger partial charge is 0.766 e. The Labute approximate surface area is 408 Å². The molecule has 13 nitrogen and oxygen atoms in total. The first-order chi connectivity index (χ1) is 27.0. The van der Waals surface area contributed by atoms with Crippen LogP contribution < -0.4 is 51.4 Å². The van der Waals surface area contributed by atoms with Crippen LogP contribution in [0.4, 0.5) is 13.2 Å². The van der Waals surface area contributed by atoms with Crippen molar-refractivity contribution in [3.05, 3.63) is 5.73 Å². The van der Waals surface area contributed by atoms with Crippen LogP contribution in [0.25, 0.3) is 5.73 Å². The van der Waals surface area contributed by atoms with Gasteiger partial charge in [0.2, 0.25) is 0 Å². The van der Waals surface area contributed by atoms with Crippen molar-refractivity contribution >= 4 is 51.4 Å². The Bertz CT molecular complexity index is 1140. The number of nitrogens with one attached hydrogen (secondary N) is 1. The Morgan fingerprint density at radius 2 is 1.10 bits per heavy atom. The summed E-state index contributed by atoms with van der Waals surface area (Å²) in [4.78, 5) is 45.0. The summed E-state index contributed by atoms with van der Waals surface area (Å²) in [6.07, 6.45) is 6.11. The molecular weight excluding hydrogens is 871 g/mol. The van der Waals surface area contributed by atoms with E-state index in [4.69, 9.17) is 42.3 Å². The normalized spacial score (nSPS) is 12.4. The third kappa shape index (κ3) is 45.9. The first-order valence-electron chi connectivity index (χ1n) is 20.5. The molecule has 0 heterocycles. The van der Waals surface area contributed by atoms with E-state index in [0.29, 0.717) is 46.1 Å². The molecule has 0 aliphatic rings. The van der Waals surface area contributed by atoms with Crippen LogP contribution in [-0.4, -0.2) is 108 Å². The summed E-state index contributed by atoms with van der Waals surface area (Å²) in [5.74, 6) is -0.425. The zero-order valence-electron chi connectivity index (χ0n) is 40.3. The van der Waals surface area contributed by atoms with Crippen molar-refractivity contribution < 1.29 is 120 Å². The van der Waals surface area contributed by atoms with E-state index in [-0.39, 0.29) is 93.0 Å². The second-order valence-corrected chi connectivity index (χ2v) is 25.8. The standard InChI is InChI=1S/C17H38O3Si2.C11H22O4.C10H18O3.CHF3O2S.CH4N.K/c1-9-11-14-21(5,6)20-22(7,8)15-12-13-19-16(18)17(3,4)10-2;1-4-10(3)11(12)15-9-8-14-7-6-13-5-2;1-5-10(3,4)9(12)13-7-6-8(2)11;2-1(3,4)7(5)6;1-2;/h9-15H2,1-8H3;10H,4-9H2,1-3H3;5-7H2,1-4H3;(H,5,6);2H,1H3;/q;;;;-1;+1/p-1. The maximum atomic E-state index is 11.9. The number of ether oxygens (including phenoxy) is 5. The number of Topliss-reactive ketones (excluding diaryl/α,β-unsaturated/α-hetero) is 1. The van der Waals surface area contributed by atoms with Crippen LogP contribution in [0.15, 0.2) is 0 Å². The van der Waals surface area contributed by atoms with Gasteiger partial charge in [-0.3, -0.25) is 23.4 Å². The first kappa shape index (κ1) is 71.5. The van der Waals surface area contributed by atoms with Gasteiger partial charge >= 0.3 is 74.8 Å². The Balaban J connectivity index is -0.000000169. The Morgan fingerprint density at radius 1 is 0.700 bits per heavy atom. The molecule has 356 valence electrons. The average molecular weight is 953 g/mol. The first-order valence-corrected chi connectivity index (χ1v) is 27.8. The van der Waals surface area contributed by atoms with Crippen LogP contribution in [0.1, 0.15) is 121 Å². The molecule has 2 atom stereocenters. The zero-order chi connectivity index (χ0) is 47.5. The van der Waals surface area contributed by atoms with Crippen molar-refractivity contribution in [1.82, 2.24) is 0 Å². The third-order valence-corrected chi connectivity index (χ3v) is 16.6. The fourth-order valence-electron chi connectivity index (χ4n) is 3.96. The minimum atomic E-state index is -5.08. The van der Waals surface area contributed by atoms with Crippen molar-refractivity contribution in [2.45, 2.75) is 165 Å². The van der Waals surface area contributed by atoms with Crippen LogP contribution in [0.3, 0.4) is 0 Å². The fraction of sp³-hybridized carbons (Fsp3) is 0.900. The number of carbonyl (C=O) groups is 4. The van der Waals surface area contributed by atoms with Gasteiger partial charge in [-0.2, -0.15) is 20.2 Å². The van der Waals surface area contributed by atoms with E-state index in [2.05, 4.69) is 33.1 Å². The molecule has 0 amide bonds. The summed E-state index contributed by atoms with van der Waals surface area (Å²) in [5.41, 5.74) is -0.130. The van der Waals surface area contributed by atoms with Gasteiger partial charge in [0.05, 0.1) is 60.9 Å². The van der Waals surface area contributed by atoms with E-state index in [0.717, 1.165) is 31.7 Å². The number of halogens is 3. The zero-order valence-corrected chi connectivity index (χ0v) is 46.3. The molecule has 0 aromatic heterocycles. The molecule has 0 saturated carbocycles. The number of alkyl halides is 3. The second kappa shape index (κ2) is 40.4. The summed E-state index contributed by atoms with van der Waals surface area (Å²) >= 11 is -3.93. The molecular formula is C40H82F3KNO12SSi2-. The largest absolute Gasteiger partial charge is 1.00 e. The summed E-state index contributed by atoms with van der Waals surface area (Å²) in [6, 6.07) is 2.31. The molecule has 0 aromatic carbocycles. The number of hydrogen-bond acceptors (Lipinski definition) is 12. The molecule has 20 heteroatoms. The predicted octanol–water partition coefficient (Wildman–Crippen LogP) is 7.21. The predicted molar refractivity (Wildman–Crippen MR) is 233 cm³/mol. The molecule has 2 unspecified atom stereocenters. The van der Waals surface area contributed by atoms with Gasteiger partial charge in [0.25, 0.3) is 0 Å². The molecule has 0 aliphatic carbocycles. The van der Waals surface area contributed by atoms with Crippen molar-refractivity contribution in [3.8, 4) is 0 Å². The molecule has 0 saturated heterocycles. The summed E-state index contributed by atoms with van der Waals surface area (Å²) in [6.45, 7) is 33.6. The number of unbranched alkanes of at least 4 members (excludes halogenated alkanes) is 1. The Kier molecular flexibility index (Phi) is 48.2. The van der Waals surface area contributed by atoms with Crippen molar-refractivity contribution in [2.24, 2.45) is 16.7 Å². The van der Waals surface area contributed by atoms with Gasteiger partial charge < -0.3 is 38.1 Å². The fourth-order valence-corrected chi connectivity index (χ4v) is 13.0. The number of rotatable bonds is 25. The van der Waals surface area contributed by atoms with Gasteiger partial charge in [0.15, 0.2) is 16.6 Å². The minimum absolute atomic E-state index is 0. The van der Waals surface area contributed by atoms with Gasteiger partial charge in [-0.15, -0.1) is 0 Å². The van der Waals surface area contributed by atoms with E-state index in [1.54, 1.807) is 0 Å². The van der Waals surface area contributed by atoms with E-state index in [1.807, 2.05) is 62.3 Å². The minimum Gasteiger partial charge on any atom is -0.766 e. The van der Waals surface area contributed by atoms with E-state index < -0.39 is 38.6 Å². The summed E-state index contributed by atoms with van der Waals surface area (Å²) in [5, 5.41) is 0. The third-order valence-electron chi connectivity index (χ3n) is 8.65. The van der Waals surface area contributed by atoms with Gasteiger partial charge in [-0.05, 0) is 106 Å². The second-order valence-electron chi connectivity index (χ2n) is 16.0. The monoisotopic (exact) mass is 952 g/mol. The number of esters is 3. The van der Waals surface area contributed by atoms with Crippen LogP contribution in [-0.2, 0) is 58.1 Å². The van der Waals surface area contributed by atoms with Gasteiger partial charge in [-0.1, -0.05) is 47.5 Å². The molecule has 0 spiro atoms. The molecule has 0 bridgehead atoms. The topological polar surface area (TPSA) is 188 Å². The SMILES string of the molecule is CCC(C)(C)C(=O)OCCC(C)=O.CCCC[Si](C)(C)O[Si](C)(C)CCCOC(=O)C(C)(C)CC.CCOCCOCCOC(=O)C(C)CC.C[NH-].O=S([O-])C(F)(F)F.[K+]. The van der Waals surface area contributed by atoms with Crippen molar-refractivity contribution in [3.63, 3.8) is 0 Å². The van der Waals surface area contributed by atoms with Crippen molar-refractivity contribution in [1.29, 1.82) is 0 Å². The van der Waals surface area contributed by atoms with E-state index >= 15 is 0 Å². The number of hydrogen-bond donors (Lipinski definition) is 0. The average Bonchev–Trinajstić information content (AvgIpc) is 3.15. The van der Waals surface area contributed by atoms with E-state index in [1.165, 1.54) is 32.9 Å². The molecule has 1 N–H and O–H groups in total. The maximum absolute atomic E-state index is 11.9. The van der Waals surface area contributed by atoms with E-state index in [9.17, 15) is 32.3 Å². The quantitative estimate of drug-likeness (QED) is 0.0295. The maximum Gasteiger partial charge on any atom is 1.00 e. The Hall–Kier alpha value is -0.110. The molecule has 0 radical (unpaired) electrons. The van der Waals surface area contributed by atoms with Crippen LogP contribution in [0.5, 0.6) is 0 Å². The molecule has 0 rings (SSSR count). The number of carbonyl (C=O) groups excluding carboxylic acids is 4. The van der Waals surface area contributed by atoms with Crippen LogP contribution >= 0.6 is 0 Å². The van der Waals surface area contributed by atoms with Crippen LogP contribution in [0.2, 0.25) is 38.3 Å². The summed E-state index contributed by atoms with van der Waals surface area (Å²) < 4.78 is 81.7. The van der Waals surface area contributed by atoms with Crippen molar-refractivity contribution in [2.75, 3.05) is 53.3 Å². The van der Waals surface area contributed by atoms with Crippen LogP contribution in [0, 0.1) is 16.7 Å².